The van der Waals surface area contributed by atoms with Crippen molar-refractivity contribution in [1.29, 1.82) is 0 Å². The highest BCUT2D eigenvalue weighted by atomic mass is 16.5. The molecule has 0 aromatic heterocycles. The summed E-state index contributed by atoms with van der Waals surface area (Å²) in [5.41, 5.74) is 0. The van der Waals surface area contributed by atoms with Crippen LogP contribution < -0.4 is 5.32 Å². The fourth-order valence-electron chi connectivity index (χ4n) is 1.70. The Kier molecular flexibility index (Phi) is 9.30. The topological polar surface area (TPSA) is 38.3 Å². The second kappa shape index (κ2) is 9.64. The molecular weight excluding hydrogens is 202 g/mol. The van der Waals surface area contributed by atoms with Gasteiger partial charge in [0.25, 0.3) is 0 Å². The van der Waals surface area contributed by atoms with Gasteiger partial charge in [0, 0.05) is 0 Å². The van der Waals surface area contributed by atoms with E-state index in [0.717, 1.165) is 19.4 Å². The van der Waals surface area contributed by atoms with Crippen molar-refractivity contribution in [2.45, 2.75) is 58.9 Å². The molecule has 1 unspecified atom stereocenters. The number of esters is 1. The summed E-state index contributed by atoms with van der Waals surface area (Å²) in [7, 11) is 1.45. The van der Waals surface area contributed by atoms with Crippen LogP contribution in [0.3, 0.4) is 0 Å². The summed E-state index contributed by atoms with van der Waals surface area (Å²) in [6.45, 7) is 7.35. The fraction of sp³-hybridized carbons (Fsp3) is 0.923. The molecule has 0 aromatic rings. The summed E-state index contributed by atoms with van der Waals surface area (Å²) in [5, 5.41) is 3.29. The zero-order valence-corrected chi connectivity index (χ0v) is 11.2. The van der Waals surface area contributed by atoms with Crippen molar-refractivity contribution in [1.82, 2.24) is 5.32 Å². The van der Waals surface area contributed by atoms with Crippen LogP contribution in [0.15, 0.2) is 0 Å². The first-order valence-electron chi connectivity index (χ1n) is 6.43. The van der Waals surface area contributed by atoms with Gasteiger partial charge in [-0.05, 0) is 25.3 Å². The minimum Gasteiger partial charge on any atom is -0.468 e. The summed E-state index contributed by atoms with van der Waals surface area (Å²) < 4.78 is 4.79. The predicted octanol–water partition coefficient (Wildman–Crippen LogP) is 2.74. The first-order chi connectivity index (χ1) is 7.61. The van der Waals surface area contributed by atoms with E-state index < -0.39 is 0 Å². The van der Waals surface area contributed by atoms with Crippen molar-refractivity contribution in [2.75, 3.05) is 13.7 Å². The van der Waals surface area contributed by atoms with Crippen molar-refractivity contribution in [3.05, 3.63) is 0 Å². The van der Waals surface area contributed by atoms with Gasteiger partial charge in [-0.2, -0.15) is 0 Å². The Labute approximate surface area is 99.9 Å². The second-order valence-electron chi connectivity index (χ2n) is 4.72. The van der Waals surface area contributed by atoms with E-state index in [0.29, 0.717) is 5.92 Å². The number of carbonyl (C=O) groups excluding carboxylic acids is 1. The number of unbranched alkanes of at least 4 members (excludes halogenated alkanes) is 3. The van der Waals surface area contributed by atoms with E-state index in [1.54, 1.807) is 0 Å². The van der Waals surface area contributed by atoms with E-state index in [1.165, 1.54) is 26.4 Å². The molecule has 0 aliphatic heterocycles. The first kappa shape index (κ1) is 15.4. The molecule has 0 saturated heterocycles. The van der Waals surface area contributed by atoms with Gasteiger partial charge in [0.15, 0.2) is 0 Å². The molecule has 0 rings (SSSR count). The maximum atomic E-state index is 11.5. The molecule has 16 heavy (non-hydrogen) atoms. The molecule has 0 aromatic carbocycles. The first-order valence-corrected chi connectivity index (χ1v) is 6.43. The third kappa shape index (κ3) is 7.69. The molecule has 0 aliphatic carbocycles. The van der Waals surface area contributed by atoms with Gasteiger partial charge in [-0.15, -0.1) is 0 Å². The number of hydrogen-bond acceptors (Lipinski definition) is 3. The van der Waals surface area contributed by atoms with Crippen LogP contribution in [-0.2, 0) is 9.53 Å². The Balaban J connectivity index is 3.79. The van der Waals surface area contributed by atoms with Gasteiger partial charge >= 0.3 is 5.97 Å². The van der Waals surface area contributed by atoms with Gasteiger partial charge < -0.3 is 10.1 Å². The van der Waals surface area contributed by atoms with Crippen LogP contribution in [0.4, 0.5) is 0 Å². The van der Waals surface area contributed by atoms with E-state index in [4.69, 9.17) is 4.74 Å². The van der Waals surface area contributed by atoms with Crippen LogP contribution in [-0.4, -0.2) is 25.7 Å². The van der Waals surface area contributed by atoms with E-state index in [1.807, 2.05) is 0 Å². The van der Waals surface area contributed by atoms with Gasteiger partial charge in [0.05, 0.1) is 7.11 Å². The molecule has 96 valence electrons. The lowest BCUT2D eigenvalue weighted by Crippen LogP contribution is -2.39. The average molecular weight is 229 g/mol. The molecule has 1 atom stereocenters. The number of hydrogen-bond donors (Lipinski definition) is 1. The molecule has 0 heterocycles. The zero-order chi connectivity index (χ0) is 12.4. The smallest absolute Gasteiger partial charge is 0.322 e. The molecule has 1 N–H and O–H groups in total. The molecule has 0 spiro atoms. The van der Waals surface area contributed by atoms with Crippen LogP contribution in [0.25, 0.3) is 0 Å². The van der Waals surface area contributed by atoms with E-state index in [9.17, 15) is 4.79 Å². The summed E-state index contributed by atoms with van der Waals surface area (Å²) >= 11 is 0. The van der Waals surface area contributed by atoms with E-state index >= 15 is 0 Å². The molecule has 0 radical (unpaired) electrons. The van der Waals surface area contributed by atoms with Gasteiger partial charge in [-0.1, -0.05) is 40.0 Å². The van der Waals surface area contributed by atoms with Crippen LogP contribution in [0.2, 0.25) is 0 Å². The van der Waals surface area contributed by atoms with Gasteiger partial charge in [-0.3, -0.25) is 4.79 Å². The van der Waals surface area contributed by atoms with Crippen molar-refractivity contribution in [2.24, 2.45) is 5.92 Å². The summed E-state index contributed by atoms with van der Waals surface area (Å²) in [4.78, 5) is 11.5. The number of methoxy groups -OCH3 is 1. The number of carbonyl (C=O) groups is 1. The van der Waals surface area contributed by atoms with Gasteiger partial charge in [0.2, 0.25) is 0 Å². The second-order valence-corrected chi connectivity index (χ2v) is 4.72. The molecule has 0 aliphatic rings. The lowest BCUT2D eigenvalue weighted by Gasteiger charge is -2.18. The molecule has 0 amide bonds. The standard InChI is InChI=1S/C13H27NO2/c1-5-6-7-8-9-14-12(10-11(2)3)13(15)16-4/h11-12,14H,5-10H2,1-4H3. The van der Waals surface area contributed by atoms with Crippen LogP contribution in [0.5, 0.6) is 0 Å². The highest BCUT2D eigenvalue weighted by Gasteiger charge is 2.19. The summed E-state index contributed by atoms with van der Waals surface area (Å²) in [6.07, 6.45) is 5.74. The van der Waals surface area contributed by atoms with Crippen molar-refractivity contribution < 1.29 is 9.53 Å². The normalized spacial score (nSPS) is 12.8. The van der Waals surface area contributed by atoms with Crippen molar-refractivity contribution >= 4 is 5.97 Å². The molecule has 0 bridgehead atoms. The third-order valence-electron chi connectivity index (χ3n) is 2.61. The maximum Gasteiger partial charge on any atom is 0.322 e. The van der Waals surface area contributed by atoms with Gasteiger partial charge in [-0.25, -0.2) is 0 Å². The minimum absolute atomic E-state index is 0.133. The minimum atomic E-state index is -0.135. The Morgan fingerprint density at radius 3 is 2.44 bits per heavy atom. The van der Waals surface area contributed by atoms with E-state index in [-0.39, 0.29) is 12.0 Å². The van der Waals surface area contributed by atoms with Crippen molar-refractivity contribution in [3.8, 4) is 0 Å². The van der Waals surface area contributed by atoms with Crippen LogP contribution in [0.1, 0.15) is 52.9 Å². The molecule has 0 fully saturated rings. The molecule has 3 nitrogen and oxygen atoms in total. The molecule has 0 saturated carbocycles. The third-order valence-corrected chi connectivity index (χ3v) is 2.61. The highest BCUT2D eigenvalue weighted by molar-refractivity contribution is 5.75. The molecule has 3 heteroatoms. The monoisotopic (exact) mass is 229 g/mol. The van der Waals surface area contributed by atoms with Gasteiger partial charge in [0.1, 0.15) is 6.04 Å². The SMILES string of the molecule is CCCCCCNC(CC(C)C)C(=O)OC. The lowest BCUT2D eigenvalue weighted by molar-refractivity contribution is -0.143. The largest absolute Gasteiger partial charge is 0.468 e. The Bertz CT molecular complexity index is 181. The highest BCUT2D eigenvalue weighted by Crippen LogP contribution is 2.06. The Morgan fingerprint density at radius 2 is 1.94 bits per heavy atom. The number of rotatable bonds is 9. The quantitative estimate of drug-likeness (QED) is 0.488. The Hall–Kier alpha value is -0.570. The average Bonchev–Trinajstić information content (AvgIpc) is 2.25. The van der Waals surface area contributed by atoms with Crippen molar-refractivity contribution in [3.63, 3.8) is 0 Å². The summed E-state index contributed by atoms with van der Waals surface area (Å²) in [6, 6.07) is -0.133. The fourth-order valence-corrected chi connectivity index (χ4v) is 1.70. The van der Waals surface area contributed by atoms with E-state index in [2.05, 4.69) is 26.1 Å². The summed E-state index contributed by atoms with van der Waals surface area (Å²) in [5.74, 6) is 0.372. The molecular formula is C13H27NO2. The van der Waals surface area contributed by atoms with Crippen LogP contribution in [0, 0.1) is 5.92 Å². The number of nitrogens with one attached hydrogen (secondary N) is 1. The van der Waals surface area contributed by atoms with Crippen LogP contribution >= 0.6 is 0 Å². The Morgan fingerprint density at radius 1 is 1.25 bits per heavy atom. The number of ether oxygens (including phenoxy) is 1. The lowest BCUT2D eigenvalue weighted by atomic mass is 10.0. The predicted molar refractivity (Wildman–Crippen MR) is 67.4 cm³/mol. The zero-order valence-electron chi connectivity index (χ0n) is 11.2. The maximum absolute atomic E-state index is 11.5.